The van der Waals surface area contributed by atoms with E-state index < -0.39 is 0 Å². The SMILES string of the molecule is CCn1ncc(-c2nc3c(N4CCC(n5c(=O)[nH]c6c(C7CC7)cccc65)CC4)ncnc3n2C)c1C. The highest BCUT2D eigenvalue weighted by molar-refractivity contribution is 5.87. The Morgan fingerprint density at radius 1 is 1.11 bits per heavy atom. The molecule has 10 nitrogen and oxygen atoms in total. The van der Waals surface area contributed by atoms with Crippen molar-refractivity contribution in [3.8, 4) is 11.4 Å². The highest BCUT2D eigenvalue weighted by Crippen LogP contribution is 2.43. The average molecular weight is 498 g/mol. The Bertz CT molecular complexity index is 1690. The molecule has 4 aromatic heterocycles. The largest absolute Gasteiger partial charge is 0.355 e. The number of rotatable bonds is 5. The van der Waals surface area contributed by atoms with Crippen molar-refractivity contribution >= 4 is 28.0 Å². The Hall–Kier alpha value is -3.95. The van der Waals surface area contributed by atoms with Gasteiger partial charge in [0.25, 0.3) is 0 Å². The zero-order valence-electron chi connectivity index (χ0n) is 21.5. The summed E-state index contributed by atoms with van der Waals surface area (Å²) in [5, 5.41) is 4.50. The Labute approximate surface area is 214 Å². The number of hydrogen-bond acceptors (Lipinski definition) is 6. The van der Waals surface area contributed by atoms with Crippen molar-refractivity contribution in [2.75, 3.05) is 18.0 Å². The van der Waals surface area contributed by atoms with Crippen LogP contribution in [0.5, 0.6) is 0 Å². The van der Waals surface area contributed by atoms with Crippen LogP contribution in [0, 0.1) is 6.92 Å². The molecule has 1 saturated carbocycles. The van der Waals surface area contributed by atoms with E-state index in [2.05, 4.69) is 57.0 Å². The van der Waals surface area contributed by atoms with Crippen LogP contribution in [0.25, 0.3) is 33.6 Å². The number of anilines is 1. The number of nitrogens with one attached hydrogen (secondary N) is 1. The fourth-order valence-corrected chi connectivity index (χ4v) is 6.05. The number of imidazole rings is 2. The molecule has 0 amide bonds. The molecule has 0 radical (unpaired) electrons. The second-order valence-corrected chi connectivity index (χ2v) is 10.4. The predicted octanol–water partition coefficient (Wildman–Crippen LogP) is 3.92. The molecule has 7 rings (SSSR count). The molecule has 0 bridgehead atoms. The molecule has 10 heteroatoms. The van der Waals surface area contributed by atoms with E-state index in [1.54, 1.807) is 6.33 Å². The highest BCUT2D eigenvalue weighted by atomic mass is 16.1. The van der Waals surface area contributed by atoms with Gasteiger partial charge in [0.1, 0.15) is 12.2 Å². The van der Waals surface area contributed by atoms with Crippen molar-refractivity contribution in [1.29, 1.82) is 0 Å². The molecule has 0 atom stereocenters. The van der Waals surface area contributed by atoms with Gasteiger partial charge in [-0.1, -0.05) is 12.1 Å². The van der Waals surface area contributed by atoms with Crippen LogP contribution in [0.15, 0.2) is 35.5 Å². The first kappa shape index (κ1) is 22.3. The van der Waals surface area contributed by atoms with Gasteiger partial charge in [-0.3, -0.25) is 9.25 Å². The second kappa shape index (κ2) is 8.29. The molecule has 1 saturated heterocycles. The monoisotopic (exact) mass is 497 g/mol. The van der Waals surface area contributed by atoms with E-state index >= 15 is 0 Å². The second-order valence-electron chi connectivity index (χ2n) is 10.4. The summed E-state index contributed by atoms with van der Waals surface area (Å²) in [5.74, 6) is 2.30. The number of fused-ring (bicyclic) bond motifs is 2. The molecule has 2 aliphatic rings. The van der Waals surface area contributed by atoms with Crippen LogP contribution in [0.3, 0.4) is 0 Å². The number of aryl methyl sites for hydroxylation is 2. The summed E-state index contributed by atoms with van der Waals surface area (Å²) in [5.41, 5.74) is 7.07. The molecule has 1 aliphatic heterocycles. The van der Waals surface area contributed by atoms with Gasteiger partial charge in [-0.2, -0.15) is 5.10 Å². The maximum atomic E-state index is 13.0. The minimum atomic E-state index is 0.00309. The lowest BCUT2D eigenvalue weighted by atomic mass is 10.0. The van der Waals surface area contributed by atoms with Crippen molar-refractivity contribution in [1.82, 2.24) is 38.9 Å². The van der Waals surface area contributed by atoms with Crippen LogP contribution in [0.2, 0.25) is 0 Å². The van der Waals surface area contributed by atoms with Crippen molar-refractivity contribution in [2.24, 2.45) is 7.05 Å². The van der Waals surface area contributed by atoms with Gasteiger partial charge in [-0.25, -0.2) is 19.7 Å². The Kier molecular flexibility index (Phi) is 4.99. The molecule has 5 heterocycles. The van der Waals surface area contributed by atoms with Gasteiger partial charge in [-0.05, 0) is 57.1 Å². The summed E-state index contributed by atoms with van der Waals surface area (Å²) in [7, 11) is 2.00. The van der Waals surface area contributed by atoms with Gasteiger partial charge >= 0.3 is 5.69 Å². The van der Waals surface area contributed by atoms with Crippen LogP contribution in [-0.4, -0.2) is 51.9 Å². The zero-order valence-corrected chi connectivity index (χ0v) is 21.5. The molecular formula is C27H31N9O. The molecular weight excluding hydrogens is 466 g/mol. The van der Waals surface area contributed by atoms with Crippen molar-refractivity contribution in [2.45, 2.75) is 58.0 Å². The van der Waals surface area contributed by atoms with Crippen LogP contribution >= 0.6 is 0 Å². The highest BCUT2D eigenvalue weighted by Gasteiger charge is 2.30. The Balaban J connectivity index is 1.19. The zero-order chi connectivity index (χ0) is 25.3. The lowest BCUT2D eigenvalue weighted by Crippen LogP contribution is -2.37. The van der Waals surface area contributed by atoms with E-state index in [0.717, 1.165) is 77.6 Å². The number of hydrogen-bond donors (Lipinski definition) is 1. The molecule has 1 aromatic carbocycles. The minimum Gasteiger partial charge on any atom is -0.355 e. The Morgan fingerprint density at radius 3 is 2.65 bits per heavy atom. The topological polar surface area (TPSA) is 102 Å². The third-order valence-electron chi connectivity index (χ3n) is 8.21. The number of aromatic nitrogens is 8. The van der Waals surface area contributed by atoms with Gasteiger partial charge in [0.15, 0.2) is 17.0 Å². The van der Waals surface area contributed by atoms with E-state index in [9.17, 15) is 4.79 Å². The van der Waals surface area contributed by atoms with Gasteiger partial charge in [0.05, 0.1) is 22.8 Å². The Morgan fingerprint density at radius 2 is 1.92 bits per heavy atom. The molecule has 2 fully saturated rings. The minimum absolute atomic E-state index is 0.00309. The summed E-state index contributed by atoms with van der Waals surface area (Å²) in [6, 6.07) is 6.50. The number of piperidine rings is 1. The van der Waals surface area contributed by atoms with Crippen molar-refractivity contribution in [3.05, 3.63) is 52.5 Å². The third-order valence-corrected chi connectivity index (χ3v) is 8.21. The van der Waals surface area contributed by atoms with Crippen LogP contribution < -0.4 is 10.6 Å². The normalized spacial score (nSPS) is 16.9. The van der Waals surface area contributed by atoms with Crippen LogP contribution in [0.4, 0.5) is 5.82 Å². The smallest absolute Gasteiger partial charge is 0.326 e. The number of benzene rings is 1. The average Bonchev–Trinajstić information content (AvgIpc) is 3.51. The van der Waals surface area contributed by atoms with Crippen LogP contribution in [0.1, 0.15) is 55.8 Å². The first-order valence-electron chi connectivity index (χ1n) is 13.2. The van der Waals surface area contributed by atoms with E-state index in [1.165, 1.54) is 18.4 Å². The summed E-state index contributed by atoms with van der Waals surface area (Å²) in [6.45, 7) is 6.58. The fraction of sp³-hybridized carbons (Fsp3) is 0.444. The molecule has 0 unspecified atom stereocenters. The van der Waals surface area contributed by atoms with E-state index in [0.29, 0.717) is 5.92 Å². The van der Waals surface area contributed by atoms with E-state index in [1.807, 2.05) is 27.1 Å². The first-order valence-corrected chi connectivity index (χ1v) is 13.2. The van der Waals surface area contributed by atoms with Crippen LogP contribution in [-0.2, 0) is 13.6 Å². The number of aromatic amines is 1. The molecule has 0 spiro atoms. The number of nitrogens with zero attached hydrogens (tertiary/aromatic N) is 8. The van der Waals surface area contributed by atoms with Gasteiger partial charge < -0.3 is 14.5 Å². The van der Waals surface area contributed by atoms with E-state index in [-0.39, 0.29) is 11.7 Å². The first-order chi connectivity index (χ1) is 18.0. The van der Waals surface area contributed by atoms with Gasteiger partial charge in [-0.15, -0.1) is 0 Å². The molecule has 1 aliphatic carbocycles. The molecule has 37 heavy (non-hydrogen) atoms. The summed E-state index contributed by atoms with van der Waals surface area (Å²) in [6.07, 6.45) is 7.68. The summed E-state index contributed by atoms with van der Waals surface area (Å²) in [4.78, 5) is 32.7. The summed E-state index contributed by atoms with van der Waals surface area (Å²) < 4.78 is 5.99. The van der Waals surface area contributed by atoms with Crippen molar-refractivity contribution < 1.29 is 0 Å². The quantitative estimate of drug-likeness (QED) is 0.395. The molecule has 1 N–H and O–H groups in total. The number of H-pyrrole nitrogens is 1. The number of para-hydroxylation sites is 1. The van der Waals surface area contributed by atoms with E-state index in [4.69, 9.17) is 4.98 Å². The third kappa shape index (κ3) is 3.42. The fourth-order valence-electron chi connectivity index (χ4n) is 6.05. The van der Waals surface area contributed by atoms with Gasteiger partial charge in [0, 0.05) is 38.4 Å². The lowest BCUT2D eigenvalue weighted by molar-refractivity contribution is 0.395. The predicted molar refractivity (Wildman–Crippen MR) is 143 cm³/mol. The lowest BCUT2D eigenvalue weighted by Gasteiger charge is -2.33. The maximum absolute atomic E-state index is 13.0. The standard InChI is InChI=1S/C27H31N9O/c1-4-35-16(2)20(14-30-35)24-31-23-25(33(24)3)28-15-29-26(23)34-12-10-18(11-13-34)36-21-7-5-6-19(17-8-9-17)22(21)32-27(36)37/h5-7,14-15,17-18H,4,8-13H2,1-3H3,(H,32,37). The van der Waals surface area contributed by atoms with Crippen molar-refractivity contribution in [3.63, 3.8) is 0 Å². The summed E-state index contributed by atoms with van der Waals surface area (Å²) >= 11 is 0. The molecule has 190 valence electrons. The maximum Gasteiger partial charge on any atom is 0.326 e. The van der Waals surface area contributed by atoms with Gasteiger partial charge in [0.2, 0.25) is 0 Å². The molecule has 5 aromatic rings.